The molecular weight excluding hydrogens is 447 g/mol. The largest absolute Gasteiger partial charge is 0.417 e. The van der Waals surface area contributed by atoms with Gasteiger partial charge in [-0.25, -0.2) is 4.98 Å². The summed E-state index contributed by atoms with van der Waals surface area (Å²) < 4.78 is 38.4. The van der Waals surface area contributed by atoms with Crippen LogP contribution in [0.3, 0.4) is 0 Å². The highest BCUT2D eigenvalue weighted by molar-refractivity contribution is 6.15. The number of amides is 2. The number of rotatable bonds is 3. The van der Waals surface area contributed by atoms with Gasteiger partial charge in [-0.3, -0.25) is 19.4 Å². The molecule has 2 aromatic rings. The predicted octanol–water partition coefficient (Wildman–Crippen LogP) is 3.52. The van der Waals surface area contributed by atoms with Gasteiger partial charge in [-0.05, 0) is 37.1 Å². The van der Waals surface area contributed by atoms with Crippen molar-refractivity contribution in [3.8, 4) is 0 Å². The van der Waals surface area contributed by atoms with Crippen LogP contribution in [0.15, 0.2) is 42.6 Å². The third kappa shape index (κ3) is 4.00. The molecule has 1 N–H and O–H groups in total. The average Bonchev–Trinajstić information content (AvgIpc) is 3.30. The highest BCUT2D eigenvalue weighted by Crippen LogP contribution is 2.45. The van der Waals surface area contributed by atoms with E-state index in [4.69, 9.17) is 0 Å². The smallest absolute Gasteiger partial charge is 0.354 e. The van der Waals surface area contributed by atoms with Gasteiger partial charge in [-0.15, -0.1) is 0 Å². The zero-order valence-electron chi connectivity index (χ0n) is 18.6. The van der Waals surface area contributed by atoms with Crippen molar-refractivity contribution < 1.29 is 22.8 Å². The van der Waals surface area contributed by atoms with Gasteiger partial charge in [0.2, 0.25) is 5.91 Å². The van der Waals surface area contributed by atoms with Crippen molar-refractivity contribution in [1.82, 2.24) is 9.88 Å². The molecule has 2 amide bonds. The number of pyridine rings is 1. The molecule has 180 valence electrons. The Labute approximate surface area is 195 Å². The molecule has 2 aliphatic heterocycles. The Morgan fingerprint density at radius 1 is 1.03 bits per heavy atom. The van der Waals surface area contributed by atoms with Crippen LogP contribution in [0.1, 0.15) is 31.2 Å². The van der Waals surface area contributed by atoms with Gasteiger partial charge in [0.1, 0.15) is 11.4 Å². The van der Waals surface area contributed by atoms with Gasteiger partial charge in [-0.1, -0.05) is 25.0 Å². The van der Waals surface area contributed by atoms with E-state index in [-0.39, 0.29) is 18.4 Å². The first-order chi connectivity index (χ1) is 16.3. The lowest BCUT2D eigenvalue weighted by Crippen LogP contribution is -2.62. The number of hydrogen-bond donors (Lipinski definition) is 1. The molecule has 1 aromatic carbocycles. The van der Waals surface area contributed by atoms with Crippen LogP contribution in [-0.2, 0) is 15.8 Å². The molecular formula is C24H26F3N5O2. The van der Waals surface area contributed by atoms with Crippen LogP contribution >= 0.6 is 0 Å². The number of nitrogens with zero attached hydrogens (tertiary/aromatic N) is 4. The Morgan fingerprint density at radius 3 is 2.38 bits per heavy atom. The predicted molar refractivity (Wildman–Crippen MR) is 122 cm³/mol. The van der Waals surface area contributed by atoms with Crippen LogP contribution in [0.4, 0.5) is 30.4 Å². The highest BCUT2D eigenvalue weighted by atomic mass is 19.4. The fraction of sp³-hybridized carbons (Fsp3) is 0.458. The lowest BCUT2D eigenvalue weighted by molar-refractivity contribution is -0.137. The van der Waals surface area contributed by atoms with E-state index in [0.29, 0.717) is 50.5 Å². The van der Waals surface area contributed by atoms with Gasteiger partial charge in [0.25, 0.3) is 5.91 Å². The van der Waals surface area contributed by atoms with Gasteiger partial charge in [-0.2, -0.15) is 13.2 Å². The average molecular weight is 473 g/mol. The van der Waals surface area contributed by atoms with Crippen molar-refractivity contribution in [2.75, 3.05) is 47.8 Å². The van der Waals surface area contributed by atoms with E-state index in [1.807, 2.05) is 34.1 Å². The number of fused-ring (bicyclic) bond motifs is 1. The molecule has 2 fully saturated rings. The maximum atomic E-state index is 13.6. The monoisotopic (exact) mass is 473 g/mol. The van der Waals surface area contributed by atoms with E-state index in [9.17, 15) is 22.8 Å². The molecule has 3 aliphatic rings. The highest BCUT2D eigenvalue weighted by Gasteiger charge is 2.52. The molecule has 1 saturated heterocycles. The molecule has 3 heterocycles. The third-order valence-corrected chi connectivity index (χ3v) is 7.05. The fourth-order valence-electron chi connectivity index (χ4n) is 5.27. The summed E-state index contributed by atoms with van der Waals surface area (Å²) >= 11 is 0. The summed E-state index contributed by atoms with van der Waals surface area (Å²) in [6.07, 6.45) is -0.467. The summed E-state index contributed by atoms with van der Waals surface area (Å²) in [6.45, 7) is 2.42. The summed E-state index contributed by atoms with van der Waals surface area (Å²) in [5, 5.41) is 2.99. The lowest BCUT2D eigenvalue weighted by Gasteiger charge is -2.45. The molecule has 1 saturated carbocycles. The lowest BCUT2D eigenvalue weighted by atomic mass is 9.89. The molecule has 1 aliphatic carbocycles. The Balaban J connectivity index is 1.27. The Morgan fingerprint density at radius 2 is 1.74 bits per heavy atom. The number of hydrogen-bond acceptors (Lipinski definition) is 5. The molecule has 5 rings (SSSR count). The first kappa shape index (κ1) is 22.6. The van der Waals surface area contributed by atoms with Crippen molar-refractivity contribution in [2.24, 2.45) is 0 Å². The van der Waals surface area contributed by atoms with E-state index in [0.717, 1.165) is 30.8 Å². The number of para-hydroxylation sites is 2. The first-order valence-electron chi connectivity index (χ1n) is 11.5. The molecule has 7 nitrogen and oxygen atoms in total. The molecule has 0 atom stereocenters. The number of aromatic nitrogens is 1. The van der Waals surface area contributed by atoms with Crippen LogP contribution in [0, 0.1) is 0 Å². The molecule has 1 aromatic heterocycles. The summed E-state index contributed by atoms with van der Waals surface area (Å²) in [5.74, 6) is 0.270. The summed E-state index contributed by atoms with van der Waals surface area (Å²) in [4.78, 5) is 36.3. The summed E-state index contributed by atoms with van der Waals surface area (Å²) in [7, 11) is 0. The number of halogens is 3. The van der Waals surface area contributed by atoms with E-state index in [1.54, 1.807) is 4.90 Å². The maximum absolute atomic E-state index is 13.6. The number of carbonyl (C=O) groups is 2. The normalized spacial score (nSPS) is 20.4. The number of alkyl halides is 3. The van der Waals surface area contributed by atoms with Gasteiger partial charge in [0.05, 0.1) is 23.5 Å². The number of carbonyl (C=O) groups excluding carboxylic acids is 2. The van der Waals surface area contributed by atoms with Crippen LogP contribution < -0.4 is 15.1 Å². The van der Waals surface area contributed by atoms with Crippen LogP contribution in [0.2, 0.25) is 0 Å². The minimum Gasteiger partial charge on any atom is -0.354 e. The van der Waals surface area contributed by atoms with Crippen molar-refractivity contribution in [2.45, 2.75) is 37.4 Å². The summed E-state index contributed by atoms with van der Waals surface area (Å²) in [6, 6.07) is 9.82. The molecule has 10 heteroatoms. The minimum absolute atomic E-state index is 0.106. The molecule has 0 radical (unpaired) electrons. The Bertz CT molecular complexity index is 1070. The van der Waals surface area contributed by atoms with Gasteiger partial charge >= 0.3 is 6.18 Å². The minimum atomic E-state index is -4.41. The quantitative estimate of drug-likeness (QED) is 0.739. The van der Waals surface area contributed by atoms with E-state index in [2.05, 4.69) is 10.3 Å². The van der Waals surface area contributed by atoms with E-state index in [1.165, 1.54) is 6.07 Å². The number of piperazine rings is 1. The number of nitrogens with one attached hydrogen (secondary N) is 1. The Kier molecular flexibility index (Phi) is 5.71. The topological polar surface area (TPSA) is 68.8 Å². The van der Waals surface area contributed by atoms with Crippen molar-refractivity contribution >= 4 is 29.0 Å². The Hall–Kier alpha value is -3.14. The van der Waals surface area contributed by atoms with E-state index >= 15 is 0 Å². The second kappa shape index (κ2) is 8.57. The standard InChI is InChI=1S/C24H26F3N5O2/c25-24(26,27)17-7-8-20(28-15-17)31-13-11-30(12-14-31)16-21(33)32-19-6-2-1-5-18(19)29-22(34)23(32)9-3-4-10-23/h1-2,5-8,15H,3-4,9-14,16H2,(H,29,34). The third-order valence-electron chi connectivity index (χ3n) is 7.05. The molecule has 0 unspecified atom stereocenters. The molecule has 34 heavy (non-hydrogen) atoms. The van der Waals surface area contributed by atoms with Crippen LogP contribution in [-0.4, -0.2) is 60.0 Å². The van der Waals surface area contributed by atoms with Gasteiger partial charge < -0.3 is 10.2 Å². The van der Waals surface area contributed by atoms with Gasteiger partial charge in [0.15, 0.2) is 0 Å². The first-order valence-corrected chi connectivity index (χ1v) is 11.5. The molecule has 0 bridgehead atoms. The zero-order chi connectivity index (χ0) is 23.9. The van der Waals surface area contributed by atoms with E-state index < -0.39 is 17.3 Å². The second-order valence-corrected chi connectivity index (χ2v) is 9.11. The van der Waals surface area contributed by atoms with Crippen LogP contribution in [0.25, 0.3) is 0 Å². The van der Waals surface area contributed by atoms with Gasteiger partial charge in [0, 0.05) is 32.4 Å². The number of anilines is 3. The fourth-order valence-corrected chi connectivity index (χ4v) is 5.27. The van der Waals surface area contributed by atoms with Crippen molar-refractivity contribution in [1.29, 1.82) is 0 Å². The van der Waals surface area contributed by atoms with Crippen molar-refractivity contribution in [3.63, 3.8) is 0 Å². The second-order valence-electron chi connectivity index (χ2n) is 9.11. The maximum Gasteiger partial charge on any atom is 0.417 e. The SMILES string of the molecule is O=C(CN1CCN(c2ccc(C(F)(F)F)cn2)CC1)N1c2ccccc2NC(=O)C12CCCC2. The summed E-state index contributed by atoms with van der Waals surface area (Å²) in [5.41, 5.74) is -0.220. The zero-order valence-corrected chi connectivity index (χ0v) is 18.6. The molecule has 1 spiro atoms. The van der Waals surface area contributed by atoms with Crippen molar-refractivity contribution in [3.05, 3.63) is 48.2 Å². The van der Waals surface area contributed by atoms with Crippen LogP contribution in [0.5, 0.6) is 0 Å². The number of benzene rings is 1.